The van der Waals surface area contributed by atoms with Crippen molar-refractivity contribution in [2.24, 2.45) is 0 Å². The van der Waals surface area contributed by atoms with Gasteiger partial charge < -0.3 is 9.32 Å². The van der Waals surface area contributed by atoms with Gasteiger partial charge in [-0.2, -0.15) is 0 Å². The Bertz CT molecular complexity index is 2800. The third kappa shape index (κ3) is 4.64. The van der Waals surface area contributed by atoms with E-state index >= 15 is 0 Å². The predicted octanol–water partition coefficient (Wildman–Crippen LogP) is 13.8. The SMILES string of the molecule is CC1(C)c2ccccc2-c2ccc(N(c3ccc4oc5ccccc5c4c3)c3ccccc3-c3cccc(-c4cccc5ccccc45)c3)cc21. The molecule has 0 atom stereocenters. The summed E-state index contributed by atoms with van der Waals surface area (Å²) in [6.07, 6.45) is 0. The Hall–Kier alpha value is -6.38. The van der Waals surface area contributed by atoms with E-state index in [1.54, 1.807) is 0 Å². The lowest BCUT2D eigenvalue weighted by Gasteiger charge is -2.30. The molecule has 0 bridgehead atoms. The van der Waals surface area contributed by atoms with E-state index in [1.165, 1.54) is 55.3 Å². The molecule has 1 aliphatic rings. The lowest BCUT2D eigenvalue weighted by atomic mass is 9.82. The molecule has 9 aromatic rings. The Morgan fingerprint density at radius 3 is 1.92 bits per heavy atom. The minimum absolute atomic E-state index is 0.120. The van der Waals surface area contributed by atoms with Gasteiger partial charge in [0, 0.05) is 33.1 Å². The molecule has 242 valence electrons. The second-order valence-electron chi connectivity index (χ2n) is 14.1. The first kappa shape index (κ1) is 29.5. The van der Waals surface area contributed by atoms with Gasteiger partial charge in [0.1, 0.15) is 11.2 Å². The highest BCUT2D eigenvalue weighted by molar-refractivity contribution is 6.07. The fourth-order valence-electron chi connectivity index (χ4n) is 8.36. The van der Waals surface area contributed by atoms with Crippen molar-refractivity contribution in [3.63, 3.8) is 0 Å². The lowest BCUT2D eigenvalue weighted by Crippen LogP contribution is -2.16. The Morgan fingerprint density at radius 2 is 1.02 bits per heavy atom. The average molecular weight is 654 g/mol. The predicted molar refractivity (Wildman–Crippen MR) is 214 cm³/mol. The van der Waals surface area contributed by atoms with Crippen LogP contribution < -0.4 is 4.90 Å². The molecule has 0 radical (unpaired) electrons. The summed E-state index contributed by atoms with van der Waals surface area (Å²) in [6.45, 7) is 4.70. The molecule has 2 heteroatoms. The van der Waals surface area contributed by atoms with E-state index < -0.39 is 0 Å². The first-order valence-electron chi connectivity index (χ1n) is 17.7. The number of rotatable bonds is 5. The highest BCUT2D eigenvalue weighted by Gasteiger charge is 2.36. The first-order chi connectivity index (χ1) is 25.0. The summed E-state index contributed by atoms with van der Waals surface area (Å²) in [4.78, 5) is 2.43. The largest absolute Gasteiger partial charge is 0.456 e. The number of nitrogens with zero attached hydrogens (tertiary/aromatic N) is 1. The molecule has 0 N–H and O–H groups in total. The van der Waals surface area contributed by atoms with Crippen molar-refractivity contribution in [1.29, 1.82) is 0 Å². The van der Waals surface area contributed by atoms with Crippen LogP contribution in [-0.4, -0.2) is 0 Å². The summed E-state index contributed by atoms with van der Waals surface area (Å²) < 4.78 is 6.28. The monoisotopic (exact) mass is 653 g/mol. The molecule has 2 nitrogen and oxygen atoms in total. The number of hydrogen-bond acceptors (Lipinski definition) is 2. The number of hydrogen-bond donors (Lipinski definition) is 0. The van der Waals surface area contributed by atoms with Crippen molar-refractivity contribution in [2.75, 3.05) is 4.90 Å². The van der Waals surface area contributed by atoms with Gasteiger partial charge in [-0.25, -0.2) is 0 Å². The Labute approximate surface area is 297 Å². The minimum Gasteiger partial charge on any atom is -0.456 e. The first-order valence-corrected chi connectivity index (χ1v) is 17.7. The summed E-state index contributed by atoms with van der Waals surface area (Å²) in [6, 6.07) is 63.8. The maximum absolute atomic E-state index is 6.28. The Kier molecular flexibility index (Phi) is 6.56. The van der Waals surface area contributed by atoms with Crippen LogP contribution >= 0.6 is 0 Å². The van der Waals surface area contributed by atoms with Crippen LogP contribution in [-0.2, 0) is 5.41 Å². The summed E-state index contributed by atoms with van der Waals surface area (Å²) in [5.41, 5.74) is 15.1. The zero-order valence-electron chi connectivity index (χ0n) is 28.6. The van der Waals surface area contributed by atoms with Gasteiger partial charge in [-0.1, -0.05) is 141 Å². The molecule has 0 fully saturated rings. The fraction of sp³-hybridized carbons (Fsp3) is 0.0612. The van der Waals surface area contributed by atoms with Crippen LogP contribution in [0.5, 0.6) is 0 Å². The van der Waals surface area contributed by atoms with Gasteiger partial charge in [-0.15, -0.1) is 0 Å². The van der Waals surface area contributed by atoms with Crippen molar-refractivity contribution in [1.82, 2.24) is 0 Å². The number of benzene rings is 8. The molecule has 1 heterocycles. The van der Waals surface area contributed by atoms with Crippen LogP contribution in [0.3, 0.4) is 0 Å². The van der Waals surface area contributed by atoms with Gasteiger partial charge in [0.25, 0.3) is 0 Å². The van der Waals surface area contributed by atoms with Gasteiger partial charge in [-0.05, 0) is 98.2 Å². The number of furan rings is 1. The maximum Gasteiger partial charge on any atom is 0.135 e. The molecule has 1 aliphatic carbocycles. The van der Waals surface area contributed by atoms with E-state index in [-0.39, 0.29) is 5.41 Å². The van der Waals surface area contributed by atoms with E-state index in [9.17, 15) is 0 Å². The summed E-state index contributed by atoms with van der Waals surface area (Å²) in [7, 11) is 0. The van der Waals surface area contributed by atoms with Crippen LogP contribution in [0.4, 0.5) is 17.1 Å². The van der Waals surface area contributed by atoms with E-state index in [1.807, 2.05) is 12.1 Å². The zero-order valence-corrected chi connectivity index (χ0v) is 28.6. The maximum atomic E-state index is 6.28. The fourth-order valence-corrected chi connectivity index (χ4v) is 8.36. The molecule has 0 spiro atoms. The Balaban J connectivity index is 1.19. The molecule has 1 aromatic heterocycles. The quantitative estimate of drug-likeness (QED) is 0.184. The van der Waals surface area contributed by atoms with Gasteiger partial charge in [0.2, 0.25) is 0 Å². The molecule has 8 aromatic carbocycles. The minimum atomic E-state index is -0.120. The van der Waals surface area contributed by atoms with Gasteiger partial charge in [0.15, 0.2) is 0 Å². The molecule has 0 unspecified atom stereocenters. The second-order valence-corrected chi connectivity index (χ2v) is 14.1. The van der Waals surface area contributed by atoms with E-state index in [4.69, 9.17) is 4.42 Å². The summed E-state index contributed by atoms with van der Waals surface area (Å²) in [5.74, 6) is 0. The number of fused-ring (bicyclic) bond motifs is 7. The Morgan fingerprint density at radius 1 is 0.412 bits per heavy atom. The third-order valence-electron chi connectivity index (χ3n) is 10.9. The lowest BCUT2D eigenvalue weighted by molar-refractivity contribution is 0.660. The van der Waals surface area contributed by atoms with Crippen LogP contribution in [0, 0.1) is 0 Å². The van der Waals surface area contributed by atoms with Crippen molar-refractivity contribution < 1.29 is 4.42 Å². The molecule has 51 heavy (non-hydrogen) atoms. The molecule has 0 aliphatic heterocycles. The van der Waals surface area contributed by atoms with Crippen molar-refractivity contribution in [2.45, 2.75) is 19.3 Å². The van der Waals surface area contributed by atoms with Crippen LogP contribution in [0.15, 0.2) is 180 Å². The highest BCUT2D eigenvalue weighted by Crippen LogP contribution is 2.51. The smallest absolute Gasteiger partial charge is 0.135 e. The topological polar surface area (TPSA) is 16.4 Å². The molecule has 10 rings (SSSR count). The van der Waals surface area contributed by atoms with Crippen molar-refractivity contribution >= 4 is 49.8 Å². The van der Waals surface area contributed by atoms with E-state index in [0.29, 0.717) is 0 Å². The third-order valence-corrected chi connectivity index (χ3v) is 10.9. The number of anilines is 3. The van der Waals surface area contributed by atoms with Crippen LogP contribution in [0.2, 0.25) is 0 Å². The molecule has 0 saturated heterocycles. The normalized spacial score (nSPS) is 13.1. The molecule has 0 amide bonds. The van der Waals surface area contributed by atoms with Gasteiger partial charge >= 0.3 is 0 Å². The van der Waals surface area contributed by atoms with Crippen LogP contribution in [0.1, 0.15) is 25.0 Å². The standard InChI is InChI=1S/C49H35NO/c1-49(2)44-22-8-5-19-40(44)41-27-25-36(31-45(41)49)50(35-26-28-48-43(30-35)42-20-7-10-24-47(42)51-48)46-23-9-6-18-39(46)34-16-11-15-33(29-34)38-21-12-14-32-13-3-4-17-37(32)38/h3-31H,1-2H3. The van der Waals surface area contributed by atoms with Crippen LogP contribution in [0.25, 0.3) is 66.1 Å². The van der Waals surface area contributed by atoms with E-state index in [2.05, 4.69) is 183 Å². The van der Waals surface area contributed by atoms with Gasteiger partial charge in [-0.3, -0.25) is 0 Å². The van der Waals surface area contributed by atoms with E-state index in [0.717, 1.165) is 39.0 Å². The zero-order chi connectivity index (χ0) is 34.1. The highest BCUT2D eigenvalue weighted by atomic mass is 16.3. The molecule has 0 saturated carbocycles. The number of para-hydroxylation sites is 2. The average Bonchev–Trinajstić information content (AvgIpc) is 3.66. The molecular weight excluding hydrogens is 619 g/mol. The molecular formula is C49H35NO. The van der Waals surface area contributed by atoms with Crippen molar-refractivity contribution in [3.8, 4) is 33.4 Å². The summed E-state index contributed by atoms with van der Waals surface area (Å²) >= 11 is 0. The van der Waals surface area contributed by atoms with Gasteiger partial charge in [0.05, 0.1) is 5.69 Å². The second kappa shape index (κ2) is 11.3. The van der Waals surface area contributed by atoms with Crippen molar-refractivity contribution in [3.05, 3.63) is 187 Å². The summed E-state index contributed by atoms with van der Waals surface area (Å²) in [5, 5.41) is 4.73.